The van der Waals surface area contributed by atoms with Crippen LogP contribution >= 0.6 is 0 Å². The fourth-order valence-electron chi connectivity index (χ4n) is 3.21. The maximum atomic E-state index is 5.64. The Morgan fingerprint density at radius 1 is 0.344 bits per heavy atom. The molecule has 0 amide bonds. The average Bonchev–Trinajstić information content (AvgIpc) is 2.87. The fourth-order valence-corrected chi connectivity index (χ4v) is 3.21. The highest BCUT2D eigenvalue weighted by molar-refractivity contribution is 5.16. The van der Waals surface area contributed by atoms with E-state index in [1.807, 2.05) is 48.5 Å². The predicted molar refractivity (Wildman–Crippen MR) is 132 cm³/mol. The first kappa shape index (κ1) is 23.5. The van der Waals surface area contributed by atoms with Crippen LogP contribution in [0.3, 0.4) is 0 Å². The third-order valence-electron chi connectivity index (χ3n) is 4.98. The summed E-state index contributed by atoms with van der Waals surface area (Å²) < 4.78 is 11.2. The van der Waals surface area contributed by atoms with Gasteiger partial charge in [0.1, 0.15) is 0 Å². The maximum Gasteiger partial charge on any atom is 0.0721 e. The Bertz CT molecular complexity index is 874. The van der Waals surface area contributed by atoms with Crippen LogP contribution in [0, 0.1) is 0 Å². The monoisotopic (exact) mass is 424 g/mol. The highest BCUT2D eigenvalue weighted by Crippen LogP contribution is 2.05. The van der Waals surface area contributed by atoms with Crippen LogP contribution in [0.1, 0.15) is 22.3 Å². The molecule has 0 bridgehead atoms. The summed E-state index contributed by atoms with van der Waals surface area (Å²) in [6, 6.07) is 41.4. The second-order valence-corrected chi connectivity index (χ2v) is 7.55. The molecule has 4 aromatic carbocycles. The van der Waals surface area contributed by atoms with Gasteiger partial charge in [-0.25, -0.2) is 0 Å². The minimum Gasteiger partial charge on any atom is -0.381 e. The SMILES string of the molecule is c1ccc(CCOCCc2ccccc2)cc1.c1ccc(COCc2ccccc2)cc1. The molecule has 2 nitrogen and oxygen atoms in total. The van der Waals surface area contributed by atoms with Gasteiger partial charge in [0, 0.05) is 0 Å². The topological polar surface area (TPSA) is 18.5 Å². The van der Waals surface area contributed by atoms with Gasteiger partial charge in [-0.1, -0.05) is 121 Å². The molecule has 0 aliphatic heterocycles. The van der Waals surface area contributed by atoms with Crippen molar-refractivity contribution in [2.45, 2.75) is 26.1 Å². The molecule has 2 heteroatoms. The summed E-state index contributed by atoms with van der Waals surface area (Å²) in [5.41, 5.74) is 5.11. The van der Waals surface area contributed by atoms with E-state index >= 15 is 0 Å². The van der Waals surface area contributed by atoms with E-state index in [4.69, 9.17) is 9.47 Å². The van der Waals surface area contributed by atoms with E-state index in [9.17, 15) is 0 Å². The van der Waals surface area contributed by atoms with E-state index in [1.54, 1.807) is 0 Å². The van der Waals surface area contributed by atoms with Crippen molar-refractivity contribution < 1.29 is 9.47 Å². The van der Waals surface area contributed by atoms with Crippen molar-refractivity contribution in [3.05, 3.63) is 144 Å². The molecule has 0 aliphatic rings. The largest absolute Gasteiger partial charge is 0.381 e. The van der Waals surface area contributed by atoms with Crippen molar-refractivity contribution in [3.63, 3.8) is 0 Å². The zero-order valence-electron chi connectivity index (χ0n) is 18.6. The van der Waals surface area contributed by atoms with Gasteiger partial charge in [-0.05, 0) is 35.1 Å². The molecule has 0 aromatic heterocycles. The van der Waals surface area contributed by atoms with Gasteiger partial charge in [0.25, 0.3) is 0 Å². The smallest absolute Gasteiger partial charge is 0.0721 e. The van der Waals surface area contributed by atoms with Crippen LogP contribution in [0.15, 0.2) is 121 Å². The number of ether oxygens (including phenoxy) is 2. The average molecular weight is 425 g/mol. The third-order valence-corrected chi connectivity index (χ3v) is 4.98. The molecule has 0 fully saturated rings. The Labute approximate surface area is 192 Å². The molecule has 0 saturated heterocycles. The highest BCUT2D eigenvalue weighted by atomic mass is 16.5. The van der Waals surface area contributed by atoms with Gasteiger partial charge >= 0.3 is 0 Å². The van der Waals surface area contributed by atoms with E-state index in [-0.39, 0.29) is 0 Å². The molecule has 32 heavy (non-hydrogen) atoms. The van der Waals surface area contributed by atoms with E-state index in [0.717, 1.165) is 26.1 Å². The van der Waals surface area contributed by atoms with Gasteiger partial charge in [0.15, 0.2) is 0 Å². The summed E-state index contributed by atoms with van der Waals surface area (Å²) in [7, 11) is 0. The Morgan fingerprint density at radius 3 is 1.00 bits per heavy atom. The van der Waals surface area contributed by atoms with Gasteiger partial charge in [0.05, 0.1) is 26.4 Å². The lowest BCUT2D eigenvalue weighted by Crippen LogP contribution is -2.02. The quantitative estimate of drug-likeness (QED) is 0.258. The first-order chi connectivity index (χ1) is 15.9. The molecule has 0 spiro atoms. The van der Waals surface area contributed by atoms with E-state index in [1.165, 1.54) is 22.3 Å². The van der Waals surface area contributed by atoms with E-state index < -0.39 is 0 Å². The molecular formula is C30H32O2. The lowest BCUT2D eigenvalue weighted by Gasteiger charge is -2.04. The lowest BCUT2D eigenvalue weighted by atomic mass is 10.1. The molecule has 0 heterocycles. The second kappa shape index (κ2) is 14.7. The third kappa shape index (κ3) is 9.74. The maximum absolute atomic E-state index is 5.64. The van der Waals surface area contributed by atoms with Crippen molar-refractivity contribution in [2.75, 3.05) is 13.2 Å². The fraction of sp³-hybridized carbons (Fsp3) is 0.200. The highest BCUT2D eigenvalue weighted by Gasteiger charge is 1.95. The van der Waals surface area contributed by atoms with Crippen molar-refractivity contribution in [1.29, 1.82) is 0 Å². The Kier molecular flexibility index (Phi) is 10.8. The summed E-state index contributed by atoms with van der Waals surface area (Å²) in [4.78, 5) is 0. The van der Waals surface area contributed by atoms with Crippen molar-refractivity contribution in [2.24, 2.45) is 0 Å². The molecule has 164 valence electrons. The Hall–Kier alpha value is -3.20. The van der Waals surface area contributed by atoms with Gasteiger partial charge < -0.3 is 9.47 Å². The standard InChI is InChI=1S/C16H18O.C14H14O/c1-3-7-15(8-4-1)11-13-17-14-12-16-9-5-2-6-10-16;1-3-7-13(8-4-1)11-15-12-14-9-5-2-6-10-14/h1-10H,11-14H2;1-10H,11-12H2. The van der Waals surface area contributed by atoms with Gasteiger partial charge in [0.2, 0.25) is 0 Å². The Balaban J connectivity index is 0.000000182. The number of hydrogen-bond donors (Lipinski definition) is 0. The zero-order chi connectivity index (χ0) is 22.1. The predicted octanol–water partition coefficient (Wildman–Crippen LogP) is 6.89. The van der Waals surface area contributed by atoms with Crippen LogP contribution in [-0.4, -0.2) is 13.2 Å². The van der Waals surface area contributed by atoms with Gasteiger partial charge in [-0.15, -0.1) is 0 Å². The normalized spacial score (nSPS) is 10.2. The van der Waals surface area contributed by atoms with Gasteiger partial charge in [-0.3, -0.25) is 0 Å². The summed E-state index contributed by atoms with van der Waals surface area (Å²) in [5.74, 6) is 0. The first-order valence-corrected chi connectivity index (χ1v) is 11.2. The van der Waals surface area contributed by atoms with Crippen LogP contribution < -0.4 is 0 Å². The lowest BCUT2D eigenvalue weighted by molar-refractivity contribution is 0.107. The van der Waals surface area contributed by atoms with Crippen LogP contribution in [0.5, 0.6) is 0 Å². The van der Waals surface area contributed by atoms with E-state index in [0.29, 0.717) is 13.2 Å². The van der Waals surface area contributed by atoms with Crippen molar-refractivity contribution in [1.82, 2.24) is 0 Å². The van der Waals surface area contributed by atoms with Crippen molar-refractivity contribution in [3.8, 4) is 0 Å². The summed E-state index contributed by atoms with van der Waals surface area (Å²) >= 11 is 0. The number of rotatable bonds is 10. The number of hydrogen-bond acceptors (Lipinski definition) is 2. The molecule has 4 aromatic rings. The molecule has 0 radical (unpaired) electrons. The molecular weight excluding hydrogens is 392 g/mol. The minimum atomic E-state index is 0.676. The molecule has 0 aliphatic carbocycles. The Morgan fingerprint density at radius 2 is 0.656 bits per heavy atom. The van der Waals surface area contributed by atoms with Crippen LogP contribution in [0.25, 0.3) is 0 Å². The minimum absolute atomic E-state index is 0.676. The summed E-state index contributed by atoms with van der Waals surface area (Å²) in [5, 5.41) is 0. The molecule has 0 atom stereocenters. The summed E-state index contributed by atoms with van der Waals surface area (Å²) in [6.45, 7) is 2.96. The molecule has 0 saturated carbocycles. The van der Waals surface area contributed by atoms with Gasteiger partial charge in [-0.2, -0.15) is 0 Å². The van der Waals surface area contributed by atoms with Crippen LogP contribution in [0.4, 0.5) is 0 Å². The van der Waals surface area contributed by atoms with Crippen molar-refractivity contribution >= 4 is 0 Å². The summed E-state index contributed by atoms with van der Waals surface area (Å²) in [6.07, 6.45) is 1.99. The van der Waals surface area contributed by atoms with E-state index in [2.05, 4.69) is 72.8 Å². The zero-order valence-corrected chi connectivity index (χ0v) is 18.6. The van der Waals surface area contributed by atoms with Crippen LogP contribution in [0.2, 0.25) is 0 Å². The molecule has 0 unspecified atom stereocenters. The van der Waals surface area contributed by atoms with Crippen LogP contribution in [-0.2, 0) is 35.5 Å². The molecule has 4 rings (SSSR count). The second-order valence-electron chi connectivity index (χ2n) is 7.55. The number of benzene rings is 4. The molecule has 0 N–H and O–H groups in total. The first-order valence-electron chi connectivity index (χ1n) is 11.2.